The van der Waals surface area contributed by atoms with E-state index in [-0.39, 0.29) is 6.54 Å². The van der Waals surface area contributed by atoms with E-state index in [9.17, 15) is 9.18 Å². The summed E-state index contributed by atoms with van der Waals surface area (Å²) in [7, 11) is 0. The summed E-state index contributed by atoms with van der Waals surface area (Å²) in [4.78, 5) is 17.6. The van der Waals surface area contributed by atoms with Gasteiger partial charge in [-0.2, -0.15) is 5.10 Å². The molecule has 0 aliphatic rings. The Kier molecular flexibility index (Phi) is 4.68. The lowest BCUT2D eigenvalue weighted by Crippen LogP contribution is -2.44. The average Bonchev–Trinajstić information content (AvgIpc) is 2.94. The van der Waals surface area contributed by atoms with Crippen molar-refractivity contribution in [1.29, 1.82) is 5.41 Å². The molecule has 0 bridgehead atoms. The number of alkyl halides is 1. The molecule has 120 valence electrons. The summed E-state index contributed by atoms with van der Waals surface area (Å²) in [5, 5.41) is 11.6. The van der Waals surface area contributed by atoms with Gasteiger partial charge in [0.15, 0.2) is 0 Å². The number of aryl methyl sites for hydroxylation is 1. The van der Waals surface area contributed by atoms with Crippen LogP contribution in [0.15, 0.2) is 43.4 Å². The van der Waals surface area contributed by atoms with Crippen molar-refractivity contribution in [1.82, 2.24) is 14.8 Å². The number of carbonyl (C=O) groups excluding carboxylic acids is 1. The number of aromatic nitrogens is 3. The number of rotatable bonds is 6. The first-order chi connectivity index (χ1) is 10.9. The normalized spacial score (nSPS) is 13.2. The van der Waals surface area contributed by atoms with Gasteiger partial charge in [-0.15, -0.1) is 0 Å². The summed E-state index contributed by atoms with van der Waals surface area (Å²) in [5.41, 5.74) is -0.515. The summed E-state index contributed by atoms with van der Waals surface area (Å²) in [6.07, 6.45) is 6.88. The largest absolute Gasteiger partial charge is 0.311 e. The first-order valence-electron chi connectivity index (χ1n) is 7.00. The van der Waals surface area contributed by atoms with E-state index in [1.54, 1.807) is 36.3 Å². The Morgan fingerprint density at radius 3 is 2.91 bits per heavy atom. The van der Waals surface area contributed by atoms with Gasteiger partial charge in [0.2, 0.25) is 5.67 Å². The molecule has 2 aromatic rings. The van der Waals surface area contributed by atoms with E-state index in [4.69, 9.17) is 5.41 Å². The molecule has 0 aliphatic heterocycles. The Morgan fingerprint density at radius 2 is 2.35 bits per heavy atom. The van der Waals surface area contributed by atoms with Crippen LogP contribution in [-0.2, 0) is 4.79 Å². The minimum absolute atomic E-state index is 0.0498. The molecule has 2 heterocycles. The molecule has 1 N–H and O–H groups in total. The molecule has 0 fully saturated rings. The number of nitrogens with one attached hydrogen (secondary N) is 1. The molecule has 0 aromatic carbocycles. The number of anilines is 1. The molecule has 0 saturated heterocycles. The van der Waals surface area contributed by atoms with Gasteiger partial charge >= 0.3 is 0 Å². The van der Waals surface area contributed by atoms with E-state index < -0.39 is 11.6 Å². The van der Waals surface area contributed by atoms with Crippen molar-refractivity contribution in [2.45, 2.75) is 19.5 Å². The molecular formula is C16H18FN5O. The van der Waals surface area contributed by atoms with Gasteiger partial charge < -0.3 is 10.3 Å². The standard InChI is InChI=1S/C16H18FN5O/c1-4-16(3,17)15(23)21(9-7-18)14-11-22(20-12(14)2)13-6-5-8-19-10-13/h4-8,10-11,18H,1,9H2,2-3H3. The fourth-order valence-corrected chi connectivity index (χ4v) is 2.07. The predicted molar refractivity (Wildman–Crippen MR) is 86.9 cm³/mol. The number of halogens is 1. The van der Waals surface area contributed by atoms with Crippen LogP contribution in [0, 0.1) is 12.3 Å². The van der Waals surface area contributed by atoms with Gasteiger partial charge in [-0.05, 0) is 32.1 Å². The number of amides is 1. The first kappa shape index (κ1) is 16.5. The monoisotopic (exact) mass is 315 g/mol. The van der Waals surface area contributed by atoms with Crippen molar-refractivity contribution in [3.8, 4) is 5.69 Å². The Balaban J connectivity index is 2.45. The Morgan fingerprint density at radius 1 is 1.61 bits per heavy atom. The van der Waals surface area contributed by atoms with Crippen LogP contribution in [-0.4, -0.2) is 39.1 Å². The van der Waals surface area contributed by atoms with Gasteiger partial charge in [0.1, 0.15) is 0 Å². The van der Waals surface area contributed by atoms with Crippen LogP contribution >= 0.6 is 0 Å². The zero-order chi connectivity index (χ0) is 17.0. The molecule has 0 spiro atoms. The van der Waals surface area contributed by atoms with E-state index in [0.717, 1.165) is 24.9 Å². The van der Waals surface area contributed by atoms with Crippen molar-refractivity contribution in [3.63, 3.8) is 0 Å². The van der Waals surface area contributed by atoms with Gasteiger partial charge in [-0.3, -0.25) is 9.78 Å². The maximum absolute atomic E-state index is 14.3. The minimum Gasteiger partial charge on any atom is -0.311 e. The lowest BCUT2D eigenvalue weighted by Gasteiger charge is -2.25. The number of carbonyl (C=O) groups is 1. The third kappa shape index (κ3) is 3.33. The van der Waals surface area contributed by atoms with E-state index in [0.29, 0.717) is 11.4 Å². The zero-order valence-corrected chi connectivity index (χ0v) is 13.0. The smallest absolute Gasteiger partial charge is 0.268 e. The van der Waals surface area contributed by atoms with Crippen molar-refractivity contribution in [2.24, 2.45) is 0 Å². The molecule has 7 heteroatoms. The third-order valence-corrected chi connectivity index (χ3v) is 3.39. The van der Waals surface area contributed by atoms with E-state index >= 15 is 0 Å². The van der Waals surface area contributed by atoms with Crippen LogP contribution < -0.4 is 4.90 Å². The van der Waals surface area contributed by atoms with Crippen LogP contribution in [0.4, 0.5) is 10.1 Å². The predicted octanol–water partition coefficient (Wildman–Crippen LogP) is 2.47. The second-order valence-corrected chi connectivity index (χ2v) is 5.16. The molecule has 1 unspecified atom stereocenters. The van der Waals surface area contributed by atoms with Crippen molar-refractivity contribution >= 4 is 17.8 Å². The zero-order valence-electron chi connectivity index (χ0n) is 13.0. The topological polar surface area (TPSA) is 74.9 Å². The maximum Gasteiger partial charge on any atom is 0.268 e. The summed E-state index contributed by atoms with van der Waals surface area (Å²) in [5.74, 6) is -0.787. The van der Waals surface area contributed by atoms with Crippen LogP contribution in [0.3, 0.4) is 0 Å². The molecular weight excluding hydrogens is 297 g/mol. The molecule has 2 aromatic heterocycles. The Bertz CT molecular complexity index is 723. The first-order valence-corrected chi connectivity index (χ1v) is 7.00. The number of hydrogen-bond donors (Lipinski definition) is 1. The van der Waals surface area contributed by atoms with E-state index in [1.807, 2.05) is 6.07 Å². The summed E-state index contributed by atoms with van der Waals surface area (Å²) in [6.45, 7) is 6.16. The SMILES string of the molecule is C=CC(C)(F)C(=O)N(CC=N)c1cn(-c2cccnc2)nc1C. The highest BCUT2D eigenvalue weighted by atomic mass is 19.1. The molecule has 0 saturated carbocycles. The number of pyridine rings is 1. The number of hydrogen-bond acceptors (Lipinski definition) is 4. The summed E-state index contributed by atoms with van der Waals surface area (Å²) < 4.78 is 15.9. The maximum atomic E-state index is 14.3. The van der Waals surface area contributed by atoms with Crippen LogP contribution in [0.1, 0.15) is 12.6 Å². The highest BCUT2D eigenvalue weighted by Gasteiger charge is 2.35. The number of nitrogens with zero attached hydrogens (tertiary/aromatic N) is 4. The lowest BCUT2D eigenvalue weighted by molar-refractivity contribution is -0.126. The highest BCUT2D eigenvalue weighted by Crippen LogP contribution is 2.25. The third-order valence-electron chi connectivity index (χ3n) is 3.39. The molecule has 2 rings (SSSR count). The van der Waals surface area contributed by atoms with Crippen molar-refractivity contribution in [2.75, 3.05) is 11.4 Å². The molecule has 0 radical (unpaired) electrons. The van der Waals surface area contributed by atoms with Gasteiger partial charge in [0.05, 0.1) is 36.0 Å². The molecule has 1 amide bonds. The van der Waals surface area contributed by atoms with Gasteiger partial charge in [0, 0.05) is 12.4 Å². The quantitative estimate of drug-likeness (QED) is 0.657. The van der Waals surface area contributed by atoms with Gasteiger partial charge in [-0.1, -0.05) is 6.58 Å². The average molecular weight is 315 g/mol. The summed E-state index contributed by atoms with van der Waals surface area (Å²) in [6, 6.07) is 3.58. The molecule has 0 aliphatic carbocycles. The van der Waals surface area contributed by atoms with E-state index in [2.05, 4.69) is 16.7 Å². The summed E-state index contributed by atoms with van der Waals surface area (Å²) >= 11 is 0. The van der Waals surface area contributed by atoms with Gasteiger partial charge in [-0.25, -0.2) is 9.07 Å². The van der Waals surface area contributed by atoms with Crippen molar-refractivity contribution in [3.05, 3.63) is 49.1 Å². The Labute approximate surface area is 133 Å². The second-order valence-electron chi connectivity index (χ2n) is 5.16. The van der Waals surface area contributed by atoms with Crippen molar-refractivity contribution < 1.29 is 9.18 Å². The van der Waals surface area contributed by atoms with Crippen LogP contribution in [0.5, 0.6) is 0 Å². The lowest BCUT2D eigenvalue weighted by atomic mass is 10.1. The second kappa shape index (κ2) is 6.51. The molecule has 23 heavy (non-hydrogen) atoms. The van der Waals surface area contributed by atoms with E-state index in [1.165, 1.54) is 4.90 Å². The highest BCUT2D eigenvalue weighted by molar-refractivity contribution is 6.02. The van der Waals surface area contributed by atoms with Crippen LogP contribution in [0.25, 0.3) is 5.69 Å². The van der Waals surface area contributed by atoms with Crippen LogP contribution in [0.2, 0.25) is 0 Å². The van der Waals surface area contributed by atoms with Gasteiger partial charge in [0.25, 0.3) is 5.91 Å². The fraction of sp³-hybridized carbons (Fsp3) is 0.250. The molecule has 1 atom stereocenters. The minimum atomic E-state index is -2.22. The Hall–Kier alpha value is -2.83. The fourth-order valence-electron chi connectivity index (χ4n) is 2.07. The molecule has 6 nitrogen and oxygen atoms in total.